The van der Waals surface area contributed by atoms with Crippen molar-refractivity contribution in [1.29, 1.82) is 0 Å². The maximum atomic E-state index is 13.4. The number of urea groups is 1. The SMILES string of the molecule is C=CCOP(=O)(OCCNC(=O)NCCOP(=O)(OCC=C)OC[C@H](N)COCCC(CCCCCCC)OC(=O)CCCCCCCCCCC)OC[C@H](N)COCCC(CCCCCCC)OC(=O)CCCCCCCCCCC. The van der Waals surface area contributed by atoms with Crippen LogP contribution in [0.2, 0.25) is 0 Å². The molecule has 0 aliphatic heterocycles. The Morgan fingerprint density at radius 3 is 1.06 bits per heavy atom. The van der Waals surface area contributed by atoms with Gasteiger partial charge in [0.1, 0.15) is 12.2 Å². The molecule has 0 aliphatic rings. The number of hydrogen-bond donors (Lipinski definition) is 4. The molecule has 0 aliphatic carbocycles. The van der Waals surface area contributed by atoms with Crippen molar-refractivity contribution < 1.29 is 69.6 Å². The second kappa shape index (κ2) is 57.8. The summed E-state index contributed by atoms with van der Waals surface area (Å²) in [4.78, 5) is 38.1. The molecule has 0 spiro atoms. The zero-order chi connectivity index (χ0) is 60.5. The van der Waals surface area contributed by atoms with E-state index in [-0.39, 0.29) is 90.1 Å². The van der Waals surface area contributed by atoms with Gasteiger partial charge in [-0.05, 0) is 38.5 Å². The third-order valence-electron chi connectivity index (χ3n) is 13.5. The minimum Gasteiger partial charge on any atom is -0.462 e. The fourth-order valence-electron chi connectivity index (χ4n) is 8.71. The van der Waals surface area contributed by atoms with Gasteiger partial charge in [0.25, 0.3) is 0 Å². The second-order valence-electron chi connectivity index (χ2n) is 21.5. The topological polar surface area (TPSA) is 254 Å². The van der Waals surface area contributed by atoms with Crippen molar-refractivity contribution in [1.82, 2.24) is 10.6 Å². The number of phosphoric ester groups is 2. The Morgan fingerprint density at radius 1 is 0.415 bits per heavy atom. The molecule has 21 heteroatoms. The molecule has 0 rings (SSSR count). The zero-order valence-corrected chi connectivity index (χ0v) is 53.9. The van der Waals surface area contributed by atoms with Gasteiger partial charge in [-0.25, -0.2) is 13.9 Å². The van der Waals surface area contributed by atoms with Crippen molar-refractivity contribution in [3.63, 3.8) is 0 Å². The average Bonchev–Trinajstić information content (AvgIpc) is 3.51. The number of ether oxygens (including phenoxy) is 4. The first-order valence-corrected chi connectivity index (χ1v) is 35.1. The van der Waals surface area contributed by atoms with Crippen LogP contribution in [0.4, 0.5) is 4.79 Å². The lowest BCUT2D eigenvalue weighted by Crippen LogP contribution is -2.38. The smallest absolute Gasteiger partial charge is 0.462 e. The Morgan fingerprint density at radius 2 is 0.732 bits per heavy atom. The molecule has 0 saturated carbocycles. The number of amides is 2. The summed E-state index contributed by atoms with van der Waals surface area (Å²) < 4.78 is 83.0. The number of unbranched alkanes of at least 4 members (excludes halogenated alkanes) is 24. The van der Waals surface area contributed by atoms with Crippen LogP contribution in [-0.2, 0) is 64.8 Å². The summed E-state index contributed by atoms with van der Waals surface area (Å²) in [6.07, 6.45) is 38.2. The minimum atomic E-state index is -4.12. The summed E-state index contributed by atoms with van der Waals surface area (Å²) >= 11 is 0. The molecule has 4 unspecified atom stereocenters. The van der Waals surface area contributed by atoms with Crippen molar-refractivity contribution in [2.75, 3.05) is 79.2 Å². The Bertz CT molecular complexity index is 1510. The molecule has 82 heavy (non-hydrogen) atoms. The van der Waals surface area contributed by atoms with Crippen LogP contribution in [0.25, 0.3) is 0 Å². The Hall–Kier alpha value is -2.25. The number of esters is 2. The van der Waals surface area contributed by atoms with Crippen LogP contribution in [0.1, 0.15) is 246 Å². The third-order valence-corrected chi connectivity index (χ3v) is 16.4. The summed E-state index contributed by atoms with van der Waals surface area (Å²) in [5, 5.41) is 5.13. The van der Waals surface area contributed by atoms with E-state index >= 15 is 0 Å². The Labute approximate surface area is 498 Å². The first-order valence-electron chi connectivity index (χ1n) is 32.1. The van der Waals surface area contributed by atoms with Crippen LogP contribution >= 0.6 is 15.6 Å². The van der Waals surface area contributed by atoms with Gasteiger partial charge in [0.2, 0.25) is 0 Å². The summed E-state index contributed by atoms with van der Waals surface area (Å²) in [6.45, 7) is 15.5. The van der Waals surface area contributed by atoms with E-state index in [1.807, 2.05) is 0 Å². The molecule has 2 amide bonds. The normalized spacial score (nSPS) is 14.5. The fraction of sp³-hybridized carbons (Fsp3) is 0.885. The van der Waals surface area contributed by atoms with E-state index in [0.717, 1.165) is 103 Å². The number of carbonyl (C=O) groups is 3. The van der Waals surface area contributed by atoms with E-state index in [9.17, 15) is 23.5 Å². The highest BCUT2D eigenvalue weighted by molar-refractivity contribution is 7.48. The predicted molar refractivity (Wildman–Crippen MR) is 330 cm³/mol. The largest absolute Gasteiger partial charge is 0.475 e. The van der Waals surface area contributed by atoms with E-state index in [0.29, 0.717) is 38.9 Å². The fourth-order valence-corrected chi connectivity index (χ4v) is 11.1. The highest BCUT2D eigenvalue weighted by Crippen LogP contribution is 2.50. The maximum absolute atomic E-state index is 13.4. The molecule has 0 aromatic carbocycles. The van der Waals surface area contributed by atoms with Crippen LogP contribution in [0.5, 0.6) is 0 Å². The quantitative estimate of drug-likeness (QED) is 0.0191. The lowest BCUT2D eigenvalue weighted by atomic mass is 10.1. The van der Waals surface area contributed by atoms with Gasteiger partial charge in [0, 0.05) is 38.8 Å². The Kier molecular flexibility index (Phi) is 56.2. The molecule has 0 fully saturated rings. The van der Waals surface area contributed by atoms with Gasteiger partial charge in [0.05, 0.1) is 78.2 Å². The van der Waals surface area contributed by atoms with Gasteiger partial charge in [-0.3, -0.25) is 36.7 Å². The maximum Gasteiger partial charge on any atom is 0.475 e. The van der Waals surface area contributed by atoms with Crippen LogP contribution in [0.15, 0.2) is 25.3 Å². The number of hydrogen-bond acceptors (Lipinski definition) is 17. The molecule has 0 aromatic rings. The number of carbonyl (C=O) groups excluding carboxylic acids is 3. The predicted octanol–water partition coefficient (Wildman–Crippen LogP) is 14.8. The van der Waals surface area contributed by atoms with Gasteiger partial charge in [-0.1, -0.05) is 194 Å². The summed E-state index contributed by atoms with van der Waals surface area (Å²) in [5.74, 6) is -0.318. The molecule has 6 N–H and O–H groups in total. The van der Waals surface area contributed by atoms with Crippen LogP contribution in [-0.4, -0.2) is 121 Å². The van der Waals surface area contributed by atoms with E-state index in [1.165, 1.54) is 102 Å². The first-order chi connectivity index (χ1) is 39.8. The molecule has 0 bridgehead atoms. The van der Waals surface area contributed by atoms with Crippen molar-refractivity contribution in [3.8, 4) is 0 Å². The zero-order valence-electron chi connectivity index (χ0n) is 52.1. The van der Waals surface area contributed by atoms with Crippen molar-refractivity contribution in [2.45, 2.75) is 270 Å². The van der Waals surface area contributed by atoms with Gasteiger partial charge in [0.15, 0.2) is 0 Å². The lowest BCUT2D eigenvalue weighted by Gasteiger charge is -2.21. The summed E-state index contributed by atoms with van der Waals surface area (Å²) in [6, 6.07) is -1.96. The molecule has 0 heterocycles. The van der Waals surface area contributed by atoms with Gasteiger partial charge < -0.3 is 41.0 Å². The van der Waals surface area contributed by atoms with Crippen LogP contribution in [0, 0.1) is 0 Å². The standard InChI is InChI=1S/C61H120N4O15P2/c1-7-13-17-21-23-25-27-31-35-39-59(66)79-57(37-33-29-19-15-9-3)41-47-71-51-55(62)53-77-81(69,73-45-11-5)75-49-43-64-61(68)65-44-50-76-82(70,74-46-12-6)78-54-56(63)52-72-48-42-58(38-34-30-20-16-10-4)80-60(67)40-36-32-28-26-24-22-18-14-8-2/h11-12,55-58H,5-10,13-54,62-63H2,1-4H3,(H2,64,65,68)/t55-,56-,57?,58?,81?,82?/m1/s1. The van der Waals surface area contributed by atoms with E-state index < -0.39 is 33.8 Å². The summed E-state index contributed by atoms with van der Waals surface area (Å²) in [7, 11) is -8.24. The number of rotatable bonds is 64. The summed E-state index contributed by atoms with van der Waals surface area (Å²) in [5.41, 5.74) is 12.5. The van der Waals surface area contributed by atoms with Crippen LogP contribution in [0.3, 0.4) is 0 Å². The molecule has 0 saturated heterocycles. The van der Waals surface area contributed by atoms with Crippen LogP contribution < -0.4 is 22.1 Å². The van der Waals surface area contributed by atoms with E-state index in [1.54, 1.807) is 0 Å². The second-order valence-corrected chi connectivity index (χ2v) is 24.9. The van der Waals surface area contributed by atoms with Crippen molar-refractivity contribution >= 4 is 33.6 Å². The third kappa shape index (κ3) is 52.1. The Balaban J connectivity index is 4.79. The highest BCUT2D eigenvalue weighted by Gasteiger charge is 2.29. The van der Waals surface area contributed by atoms with Gasteiger partial charge >= 0.3 is 33.6 Å². The monoisotopic (exact) mass is 1210 g/mol. The number of nitrogens with one attached hydrogen (secondary N) is 2. The molecule has 484 valence electrons. The molecular weight excluding hydrogens is 1090 g/mol. The number of nitrogens with two attached hydrogens (primary N) is 2. The lowest BCUT2D eigenvalue weighted by molar-refractivity contribution is -0.151. The van der Waals surface area contributed by atoms with Crippen molar-refractivity contribution in [2.24, 2.45) is 11.5 Å². The molecule has 0 radical (unpaired) electrons. The van der Waals surface area contributed by atoms with Crippen molar-refractivity contribution in [3.05, 3.63) is 25.3 Å². The van der Waals surface area contributed by atoms with E-state index in [4.69, 9.17) is 57.6 Å². The first kappa shape index (κ1) is 79.8. The molecule has 6 atom stereocenters. The number of phosphoric acid groups is 2. The minimum absolute atomic E-state index is 0.0789. The van der Waals surface area contributed by atoms with E-state index in [2.05, 4.69) is 51.5 Å². The molecular formula is C61H120N4O15P2. The molecule has 19 nitrogen and oxygen atoms in total. The average molecular weight is 1210 g/mol. The van der Waals surface area contributed by atoms with Gasteiger partial charge in [-0.15, -0.1) is 13.2 Å². The van der Waals surface area contributed by atoms with Gasteiger partial charge in [-0.2, -0.15) is 0 Å². The molecule has 0 aromatic heterocycles. The highest BCUT2D eigenvalue weighted by atomic mass is 31.2.